The number of pyridine rings is 3. The highest BCUT2D eigenvalue weighted by Gasteiger charge is 2.35. The predicted molar refractivity (Wildman–Crippen MR) is 126 cm³/mol. The van der Waals surface area contributed by atoms with Crippen LogP contribution in [0.2, 0.25) is 0 Å². The van der Waals surface area contributed by atoms with Crippen molar-refractivity contribution < 1.29 is 26.0 Å². The molecule has 4 heterocycles. The molecule has 2 aromatic rings. The minimum Gasteiger partial charge on any atom is -0.343 e. The van der Waals surface area contributed by atoms with Crippen LogP contribution < -0.4 is 0 Å². The maximum atomic E-state index is 15.6. The SMILES string of the molecule is CCn1cc(C(F)(F)F)cc2nc(-c3ncc(-c4ccc(C5CC5)nc4)cc3S(=O)(=O)CC)c(F)c1-2. The Morgan fingerprint density at radius 1 is 1.03 bits per heavy atom. The molecule has 1 fully saturated rings. The average molecular weight is 519 g/mol. The van der Waals surface area contributed by atoms with E-state index in [0.717, 1.165) is 35.4 Å². The van der Waals surface area contributed by atoms with Crippen LogP contribution in [0.3, 0.4) is 0 Å². The fraction of sp³-hybridized carbons (Fsp3) is 0.320. The second-order valence-corrected chi connectivity index (χ2v) is 11.0. The summed E-state index contributed by atoms with van der Waals surface area (Å²) in [6.07, 6.45) is 1.39. The van der Waals surface area contributed by atoms with Gasteiger partial charge >= 0.3 is 6.18 Å². The number of aromatic nitrogens is 4. The van der Waals surface area contributed by atoms with Crippen molar-refractivity contribution in [3.05, 3.63) is 59.9 Å². The number of fused-ring (bicyclic) bond motifs is 1. The molecule has 3 aliphatic rings. The van der Waals surface area contributed by atoms with Crippen molar-refractivity contribution in [3.63, 3.8) is 0 Å². The summed E-state index contributed by atoms with van der Waals surface area (Å²) in [5.74, 6) is -0.748. The Bertz CT molecular complexity index is 1520. The predicted octanol–water partition coefficient (Wildman–Crippen LogP) is 5.96. The molecule has 0 unspecified atom stereocenters. The number of hydrogen-bond donors (Lipinski definition) is 0. The van der Waals surface area contributed by atoms with Crippen LogP contribution in [0, 0.1) is 5.82 Å². The van der Waals surface area contributed by atoms with Gasteiger partial charge in [0.2, 0.25) is 0 Å². The topological polar surface area (TPSA) is 77.7 Å². The van der Waals surface area contributed by atoms with Crippen molar-refractivity contribution in [2.24, 2.45) is 0 Å². The third kappa shape index (κ3) is 4.25. The van der Waals surface area contributed by atoms with Crippen molar-refractivity contribution in [3.8, 4) is 33.9 Å². The molecule has 188 valence electrons. The van der Waals surface area contributed by atoms with Gasteiger partial charge in [-0.15, -0.1) is 0 Å². The normalized spacial score (nSPS) is 14.5. The molecule has 1 aliphatic carbocycles. The monoisotopic (exact) mass is 518 g/mol. The summed E-state index contributed by atoms with van der Waals surface area (Å²) in [4.78, 5) is 12.5. The van der Waals surface area contributed by atoms with Gasteiger partial charge in [-0.2, -0.15) is 13.2 Å². The van der Waals surface area contributed by atoms with E-state index >= 15 is 4.39 Å². The van der Waals surface area contributed by atoms with Gasteiger partial charge in [0.05, 0.1) is 21.9 Å². The summed E-state index contributed by atoms with van der Waals surface area (Å²) in [5.41, 5.74) is 0.0804. The zero-order valence-electron chi connectivity index (χ0n) is 19.5. The van der Waals surface area contributed by atoms with Crippen molar-refractivity contribution in [2.75, 3.05) is 5.75 Å². The molecule has 0 N–H and O–H groups in total. The highest BCUT2D eigenvalue weighted by atomic mass is 32.2. The summed E-state index contributed by atoms with van der Waals surface area (Å²) in [7, 11) is -3.90. The Hall–Kier alpha value is -3.34. The van der Waals surface area contributed by atoms with Crippen LogP contribution in [0.4, 0.5) is 17.6 Å². The highest BCUT2D eigenvalue weighted by Crippen LogP contribution is 2.41. The third-order valence-electron chi connectivity index (χ3n) is 6.34. The van der Waals surface area contributed by atoms with Gasteiger partial charge in [0.1, 0.15) is 17.1 Å². The number of sulfone groups is 1. The number of rotatable bonds is 6. The quantitative estimate of drug-likeness (QED) is 0.294. The molecule has 0 radical (unpaired) electrons. The molecular weight excluding hydrogens is 496 g/mol. The lowest BCUT2D eigenvalue weighted by Crippen LogP contribution is -2.11. The summed E-state index contributed by atoms with van der Waals surface area (Å²) >= 11 is 0. The molecule has 0 bridgehead atoms. The van der Waals surface area contributed by atoms with E-state index in [4.69, 9.17) is 0 Å². The molecule has 11 heteroatoms. The van der Waals surface area contributed by atoms with Crippen molar-refractivity contribution >= 4 is 9.84 Å². The minimum absolute atomic E-state index is 0.0544. The van der Waals surface area contributed by atoms with Gasteiger partial charge in [0.25, 0.3) is 0 Å². The van der Waals surface area contributed by atoms with Crippen LogP contribution in [0.1, 0.15) is 43.9 Å². The first-order chi connectivity index (χ1) is 17.0. The number of halogens is 4. The summed E-state index contributed by atoms with van der Waals surface area (Å²) in [6, 6.07) is 5.87. The Morgan fingerprint density at radius 3 is 2.33 bits per heavy atom. The Balaban J connectivity index is 1.68. The van der Waals surface area contributed by atoms with E-state index in [0.29, 0.717) is 17.0 Å². The molecule has 0 amide bonds. The van der Waals surface area contributed by atoms with E-state index in [1.807, 2.05) is 12.1 Å². The van der Waals surface area contributed by atoms with Gasteiger partial charge in [-0.05, 0) is 38.0 Å². The second-order valence-electron chi connectivity index (χ2n) is 8.74. The molecule has 6 nitrogen and oxygen atoms in total. The van der Waals surface area contributed by atoms with E-state index in [2.05, 4.69) is 15.0 Å². The van der Waals surface area contributed by atoms with E-state index in [-0.39, 0.29) is 34.3 Å². The van der Waals surface area contributed by atoms with E-state index < -0.39 is 33.1 Å². The van der Waals surface area contributed by atoms with E-state index in [1.165, 1.54) is 19.2 Å². The first-order valence-electron chi connectivity index (χ1n) is 11.5. The Labute approximate surface area is 205 Å². The summed E-state index contributed by atoms with van der Waals surface area (Å²) in [6.45, 7) is 3.08. The van der Waals surface area contributed by atoms with Crippen LogP contribution in [0.5, 0.6) is 0 Å². The zero-order chi connectivity index (χ0) is 25.8. The third-order valence-corrected chi connectivity index (χ3v) is 8.08. The van der Waals surface area contributed by atoms with Gasteiger partial charge < -0.3 is 4.57 Å². The van der Waals surface area contributed by atoms with Crippen molar-refractivity contribution in [1.82, 2.24) is 19.5 Å². The van der Waals surface area contributed by atoms with Gasteiger partial charge in [-0.3, -0.25) is 9.97 Å². The average Bonchev–Trinajstić information content (AvgIpc) is 3.66. The van der Waals surface area contributed by atoms with Crippen LogP contribution in [0.15, 0.2) is 47.8 Å². The molecule has 0 aromatic carbocycles. The summed E-state index contributed by atoms with van der Waals surface area (Å²) < 4.78 is 82.9. The fourth-order valence-electron chi connectivity index (χ4n) is 4.17. The van der Waals surface area contributed by atoms with E-state index in [1.54, 1.807) is 13.1 Å². The molecule has 0 saturated heterocycles. The standard InChI is InChI=1S/C25H22F4N4O2S/c1-3-33-13-17(25(27,28)29)10-19-24(33)21(26)23(32-19)22-20(36(34,35)4-2)9-16(12-31-22)15-7-8-18(30-11-15)14-5-6-14/h7-14H,3-6H2,1-2H3. The lowest BCUT2D eigenvalue weighted by Gasteiger charge is -2.14. The number of hydrogen-bond acceptors (Lipinski definition) is 5. The van der Waals surface area contributed by atoms with Crippen LogP contribution in [0.25, 0.3) is 33.9 Å². The molecule has 2 aliphatic heterocycles. The number of aryl methyl sites for hydroxylation is 1. The van der Waals surface area contributed by atoms with Gasteiger partial charge in [0, 0.05) is 47.9 Å². The second kappa shape index (κ2) is 8.65. The van der Waals surface area contributed by atoms with Crippen LogP contribution in [-0.2, 0) is 22.6 Å². The highest BCUT2D eigenvalue weighted by molar-refractivity contribution is 7.91. The van der Waals surface area contributed by atoms with Gasteiger partial charge in [-0.1, -0.05) is 13.0 Å². The minimum atomic E-state index is -4.65. The molecule has 2 aromatic heterocycles. The van der Waals surface area contributed by atoms with Crippen molar-refractivity contribution in [1.29, 1.82) is 0 Å². The Kier molecular flexibility index (Phi) is 5.85. The maximum Gasteiger partial charge on any atom is 0.417 e. The molecule has 0 spiro atoms. The van der Waals surface area contributed by atoms with E-state index in [9.17, 15) is 21.6 Å². The van der Waals surface area contributed by atoms with Crippen LogP contribution in [-0.4, -0.2) is 33.7 Å². The summed E-state index contributed by atoms with van der Waals surface area (Å²) in [5, 5.41) is 0. The first kappa shape index (κ1) is 24.4. The molecule has 5 rings (SSSR count). The van der Waals surface area contributed by atoms with Crippen molar-refractivity contribution in [2.45, 2.75) is 50.2 Å². The number of alkyl halides is 3. The molecule has 36 heavy (non-hydrogen) atoms. The fourth-order valence-corrected chi connectivity index (χ4v) is 5.23. The molecular formula is C25H22F4N4O2S. The Morgan fingerprint density at radius 2 is 1.75 bits per heavy atom. The van der Waals surface area contributed by atoms with Gasteiger partial charge in [-0.25, -0.2) is 17.8 Å². The lowest BCUT2D eigenvalue weighted by atomic mass is 10.1. The van der Waals surface area contributed by atoms with Crippen LogP contribution >= 0.6 is 0 Å². The number of nitrogens with zero attached hydrogens (tertiary/aromatic N) is 4. The lowest BCUT2D eigenvalue weighted by molar-refractivity contribution is -0.138. The molecule has 0 atom stereocenters. The maximum absolute atomic E-state index is 15.6. The smallest absolute Gasteiger partial charge is 0.343 e. The van der Waals surface area contributed by atoms with Gasteiger partial charge in [0.15, 0.2) is 15.7 Å². The zero-order valence-corrected chi connectivity index (χ0v) is 20.3. The first-order valence-corrected chi connectivity index (χ1v) is 13.1. The largest absolute Gasteiger partial charge is 0.417 e. The molecule has 1 saturated carbocycles.